The molecule has 0 spiro atoms. The molecule has 7 nitrogen and oxygen atoms in total. The van der Waals surface area contributed by atoms with E-state index in [0.29, 0.717) is 5.56 Å². The van der Waals surface area contributed by atoms with Gasteiger partial charge in [-0.3, -0.25) is 9.59 Å². The molecule has 0 bridgehead atoms. The first-order chi connectivity index (χ1) is 14.0. The second kappa shape index (κ2) is 9.45. The van der Waals surface area contributed by atoms with Crippen LogP contribution in [0, 0.1) is 0 Å². The number of carbonyl (C=O) groups excluding carboxylic acids is 1. The first-order valence-corrected chi connectivity index (χ1v) is 9.17. The first kappa shape index (κ1) is 20.0. The largest absolute Gasteiger partial charge is 0.481 e. The van der Waals surface area contributed by atoms with Gasteiger partial charge >= 0.3 is 12.0 Å². The number of benzene rings is 2. The van der Waals surface area contributed by atoms with Crippen molar-refractivity contribution in [2.45, 2.75) is 19.4 Å². The van der Waals surface area contributed by atoms with Crippen LogP contribution in [-0.4, -0.2) is 33.5 Å². The van der Waals surface area contributed by atoms with Gasteiger partial charge in [-0.2, -0.15) is 0 Å². The lowest BCUT2D eigenvalue weighted by molar-refractivity contribution is -0.136. The Morgan fingerprint density at radius 3 is 2.28 bits per heavy atom. The molecule has 0 aliphatic rings. The molecule has 0 saturated heterocycles. The third-order valence-electron chi connectivity index (χ3n) is 4.28. The molecule has 0 aliphatic heterocycles. The number of hydrogen-bond acceptors (Lipinski definition) is 5. The minimum absolute atomic E-state index is 0.0890. The quantitative estimate of drug-likeness (QED) is 0.610. The van der Waals surface area contributed by atoms with Gasteiger partial charge < -0.3 is 15.2 Å². The fourth-order valence-corrected chi connectivity index (χ4v) is 2.67. The molecule has 29 heavy (non-hydrogen) atoms. The van der Waals surface area contributed by atoms with Crippen molar-refractivity contribution in [3.63, 3.8) is 0 Å². The van der Waals surface area contributed by atoms with Crippen LogP contribution in [0.4, 0.5) is 0 Å². The van der Waals surface area contributed by atoms with Crippen LogP contribution in [0.1, 0.15) is 35.4 Å². The molecule has 0 aliphatic carbocycles. The molecular formula is C22H21N3O4. The second-order valence-corrected chi connectivity index (χ2v) is 6.40. The summed E-state index contributed by atoms with van der Waals surface area (Å²) in [7, 11) is 0. The van der Waals surface area contributed by atoms with Crippen molar-refractivity contribution in [2.24, 2.45) is 0 Å². The zero-order valence-electron chi connectivity index (χ0n) is 15.9. The third-order valence-corrected chi connectivity index (χ3v) is 4.28. The predicted molar refractivity (Wildman–Crippen MR) is 108 cm³/mol. The standard InChI is InChI=1S/C22H21N3O4/c1-15(16-7-9-18(10-8-16)21(28)23-12-11-20(26)27)29-22-24-13-19(14-25-22)17-5-3-2-4-6-17/h2-10,13-15H,11-12H2,1H3,(H,23,28)(H,26,27). The zero-order chi connectivity index (χ0) is 20.6. The summed E-state index contributed by atoms with van der Waals surface area (Å²) in [6, 6.07) is 17.0. The van der Waals surface area contributed by atoms with Gasteiger partial charge in [-0.05, 0) is 30.2 Å². The van der Waals surface area contributed by atoms with Gasteiger partial charge in [0.25, 0.3) is 5.91 Å². The number of ether oxygens (including phenoxy) is 1. The van der Waals surface area contributed by atoms with E-state index < -0.39 is 5.97 Å². The van der Waals surface area contributed by atoms with E-state index in [4.69, 9.17) is 9.84 Å². The van der Waals surface area contributed by atoms with Crippen LogP contribution >= 0.6 is 0 Å². The Morgan fingerprint density at radius 1 is 1.00 bits per heavy atom. The second-order valence-electron chi connectivity index (χ2n) is 6.40. The Kier molecular flexibility index (Phi) is 6.52. The molecule has 3 aromatic rings. The fraction of sp³-hybridized carbons (Fsp3) is 0.182. The number of carboxylic acids is 1. The van der Waals surface area contributed by atoms with Crippen LogP contribution in [-0.2, 0) is 4.79 Å². The van der Waals surface area contributed by atoms with Crippen molar-refractivity contribution in [3.8, 4) is 17.1 Å². The highest BCUT2D eigenvalue weighted by Gasteiger charge is 2.12. The van der Waals surface area contributed by atoms with Gasteiger partial charge in [0.1, 0.15) is 6.10 Å². The maximum atomic E-state index is 12.0. The van der Waals surface area contributed by atoms with Crippen LogP contribution < -0.4 is 10.1 Å². The Bertz CT molecular complexity index is 958. The van der Waals surface area contributed by atoms with E-state index in [1.807, 2.05) is 37.3 Å². The monoisotopic (exact) mass is 391 g/mol. The highest BCUT2D eigenvalue weighted by molar-refractivity contribution is 5.94. The van der Waals surface area contributed by atoms with Gasteiger partial charge in [-0.25, -0.2) is 9.97 Å². The molecule has 0 fully saturated rings. The molecule has 1 atom stereocenters. The molecule has 0 radical (unpaired) electrons. The van der Waals surface area contributed by atoms with Crippen molar-refractivity contribution >= 4 is 11.9 Å². The SMILES string of the molecule is CC(Oc1ncc(-c2ccccc2)cn1)c1ccc(C(=O)NCCC(=O)O)cc1. The van der Waals surface area contributed by atoms with E-state index in [9.17, 15) is 9.59 Å². The molecule has 0 saturated carbocycles. The molecular weight excluding hydrogens is 370 g/mol. The molecule has 2 N–H and O–H groups in total. The molecule has 148 valence electrons. The summed E-state index contributed by atoms with van der Waals surface area (Å²) in [6.07, 6.45) is 3.02. The minimum atomic E-state index is -0.953. The smallest absolute Gasteiger partial charge is 0.316 e. The number of carbonyl (C=O) groups is 2. The molecule has 1 amide bonds. The van der Waals surface area contributed by atoms with E-state index in [0.717, 1.165) is 16.7 Å². The van der Waals surface area contributed by atoms with Crippen molar-refractivity contribution in [3.05, 3.63) is 78.1 Å². The van der Waals surface area contributed by atoms with E-state index in [1.54, 1.807) is 36.7 Å². The normalized spacial score (nSPS) is 11.5. The Morgan fingerprint density at radius 2 is 1.66 bits per heavy atom. The summed E-state index contributed by atoms with van der Waals surface area (Å²) in [6.45, 7) is 1.96. The molecule has 1 unspecified atom stereocenters. The number of nitrogens with zero attached hydrogens (tertiary/aromatic N) is 2. The van der Waals surface area contributed by atoms with E-state index >= 15 is 0 Å². The molecule has 7 heteroatoms. The third kappa shape index (κ3) is 5.62. The van der Waals surface area contributed by atoms with Crippen LogP contribution in [0.15, 0.2) is 67.0 Å². The molecule has 1 heterocycles. The maximum absolute atomic E-state index is 12.0. The van der Waals surface area contributed by atoms with E-state index in [2.05, 4.69) is 15.3 Å². The van der Waals surface area contributed by atoms with Crippen molar-refractivity contribution in [1.82, 2.24) is 15.3 Å². The number of aliphatic carboxylic acids is 1. The van der Waals surface area contributed by atoms with Crippen LogP contribution in [0.2, 0.25) is 0 Å². The highest BCUT2D eigenvalue weighted by atomic mass is 16.5. The Balaban J connectivity index is 1.58. The number of aromatic nitrogens is 2. The number of hydrogen-bond donors (Lipinski definition) is 2. The fourth-order valence-electron chi connectivity index (χ4n) is 2.67. The van der Waals surface area contributed by atoms with Crippen molar-refractivity contribution in [2.75, 3.05) is 6.54 Å². The average Bonchev–Trinajstić information content (AvgIpc) is 2.74. The number of carboxylic acid groups (broad SMARTS) is 1. The van der Waals surface area contributed by atoms with Gasteiger partial charge in [0.15, 0.2) is 0 Å². The molecule has 3 rings (SSSR count). The topological polar surface area (TPSA) is 101 Å². The highest BCUT2D eigenvalue weighted by Crippen LogP contribution is 2.21. The van der Waals surface area contributed by atoms with Gasteiger partial charge in [-0.1, -0.05) is 42.5 Å². The lowest BCUT2D eigenvalue weighted by atomic mass is 10.1. The molecule has 2 aromatic carbocycles. The maximum Gasteiger partial charge on any atom is 0.316 e. The summed E-state index contributed by atoms with van der Waals surface area (Å²) in [4.78, 5) is 31.0. The lowest BCUT2D eigenvalue weighted by Gasteiger charge is -2.14. The Labute approximate surface area is 168 Å². The number of rotatable bonds is 8. The summed E-state index contributed by atoms with van der Waals surface area (Å²) < 4.78 is 5.79. The zero-order valence-corrected chi connectivity index (χ0v) is 15.9. The lowest BCUT2D eigenvalue weighted by Crippen LogP contribution is -2.25. The summed E-state index contributed by atoms with van der Waals surface area (Å²) in [5.74, 6) is -1.27. The van der Waals surface area contributed by atoms with Gasteiger partial charge in [0.05, 0.1) is 6.42 Å². The van der Waals surface area contributed by atoms with Gasteiger partial charge in [-0.15, -0.1) is 0 Å². The van der Waals surface area contributed by atoms with Crippen LogP contribution in [0.5, 0.6) is 6.01 Å². The van der Waals surface area contributed by atoms with Crippen molar-refractivity contribution < 1.29 is 19.4 Å². The van der Waals surface area contributed by atoms with Crippen LogP contribution in [0.25, 0.3) is 11.1 Å². The Hall–Kier alpha value is -3.74. The van der Waals surface area contributed by atoms with Gasteiger partial charge in [0, 0.05) is 30.1 Å². The predicted octanol–water partition coefficient (Wildman–Crippen LogP) is 3.49. The first-order valence-electron chi connectivity index (χ1n) is 9.17. The summed E-state index contributed by atoms with van der Waals surface area (Å²) in [5.41, 5.74) is 3.26. The summed E-state index contributed by atoms with van der Waals surface area (Å²) >= 11 is 0. The number of nitrogens with one attached hydrogen (secondary N) is 1. The van der Waals surface area contributed by atoms with Crippen LogP contribution in [0.3, 0.4) is 0 Å². The van der Waals surface area contributed by atoms with E-state index in [1.165, 1.54) is 0 Å². The van der Waals surface area contributed by atoms with Crippen molar-refractivity contribution in [1.29, 1.82) is 0 Å². The molecule has 1 aromatic heterocycles. The minimum Gasteiger partial charge on any atom is -0.481 e. The van der Waals surface area contributed by atoms with E-state index in [-0.39, 0.29) is 31.0 Å². The average molecular weight is 391 g/mol. The van der Waals surface area contributed by atoms with Gasteiger partial charge in [0.2, 0.25) is 0 Å². The summed E-state index contributed by atoms with van der Waals surface area (Å²) in [5, 5.41) is 11.2. The number of amides is 1.